The largest absolute Gasteiger partial charge is 0.461 e. The molecule has 2 aliphatic carbocycles. The lowest BCUT2D eigenvalue weighted by atomic mass is 9.50. The molecular formula is C37H59N3O3. The van der Waals surface area contributed by atoms with E-state index in [1.54, 1.807) is 23.6 Å². The first-order valence-electron chi connectivity index (χ1n) is 16.5. The molecule has 5 atom stereocenters. The number of ether oxygens (including phenoxy) is 1. The van der Waals surface area contributed by atoms with Gasteiger partial charge >= 0.3 is 5.97 Å². The molecule has 0 amide bonds. The van der Waals surface area contributed by atoms with Gasteiger partial charge in [0, 0.05) is 17.6 Å². The van der Waals surface area contributed by atoms with Crippen molar-refractivity contribution in [2.45, 2.75) is 131 Å². The van der Waals surface area contributed by atoms with Crippen LogP contribution < -0.4 is 10.9 Å². The van der Waals surface area contributed by atoms with E-state index in [2.05, 4.69) is 65.0 Å². The van der Waals surface area contributed by atoms with Crippen LogP contribution in [-0.2, 0) is 4.74 Å². The Morgan fingerprint density at radius 1 is 1.12 bits per heavy atom. The topological polar surface area (TPSA) is 73.2 Å². The van der Waals surface area contributed by atoms with E-state index >= 15 is 0 Å². The number of fused-ring (bicyclic) bond motifs is 3. The summed E-state index contributed by atoms with van der Waals surface area (Å²) in [7, 11) is 0. The molecule has 0 aliphatic heterocycles. The van der Waals surface area contributed by atoms with Crippen molar-refractivity contribution in [2.24, 2.45) is 16.7 Å². The maximum absolute atomic E-state index is 13.6. The monoisotopic (exact) mass is 593 g/mol. The standard InChI is InChI=1S/C31H47N3O3.C4H6.C2H6/c1-8-12-23(33-31-17-21(3)16-30(7,20-31)18-29(5,6)19-31)15-22(4)34-25-14-11-10-13-24(25)32-26(27(34)35)28(36)37-9-2;1-3-4-2;1-2/h10-11,13-14,21-23,33H,8-9,12,15-20H2,1-7H3;3-4H,1-2H2;1-2H3/t21?,22-,23-,30?,31?;;/m0../s1. The molecule has 1 heterocycles. The summed E-state index contributed by atoms with van der Waals surface area (Å²) in [5.41, 5.74) is 1.74. The summed E-state index contributed by atoms with van der Waals surface area (Å²) in [6.45, 7) is 26.8. The van der Waals surface area contributed by atoms with Crippen molar-refractivity contribution >= 4 is 17.0 Å². The van der Waals surface area contributed by atoms with Crippen molar-refractivity contribution in [1.29, 1.82) is 0 Å². The highest BCUT2D eigenvalue weighted by Gasteiger charge is 2.53. The highest BCUT2D eigenvalue weighted by atomic mass is 16.5. The van der Waals surface area contributed by atoms with Gasteiger partial charge in [0.25, 0.3) is 5.56 Å². The maximum atomic E-state index is 13.6. The average Bonchev–Trinajstić information content (AvgIpc) is 2.91. The minimum atomic E-state index is -0.652. The van der Waals surface area contributed by atoms with Crippen LogP contribution in [0.15, 0.2) is 54.4 Å². The van der Waals surface area contributed by atoms with Crippen LogP contribution in [0.2, 0.25) is 0 Å². The Kier molecular flexibility index (Phi) is 13.4. The van der Waals surface area contributed by atoms with Gasteiger partial charge in [-0.2, -0.15) is 0 Å². The number of carbonyl (C=O) groups is 1. The van der Waals surface area contributed by atoms with E-state index in [1.165, 1.54) is 32.1 Å². The lowest BCUT2D eigenvalue weighted by Gasteiger charge is -2.59. The van der Waals surface area contributed by atoms with Crippen molar-refractivity contribution in [1.82, 2.24) is 14.9 Å². The molecular weight excluding hydrogens is 534 g/mol. The second-order valence-electron chi connectivity index (χ2n) is 13.8. The highest BCUT2D eigenvalue weighted by Crippen LogP contribution is 2.58. The van der Waals surface area contributed by atoms with Crippen molar-refractivity contribution in [2.75, 3.05) is 6.61 Å². The first-order valence-corrected chi connectivity index (χ1v) is 16.5. The number of aromatic nitrogens is 2. The predicted molar refractivity (Wildman–Crippen MR) is 182 cm³/mol. The average molecular weight is 594 g/mol. The molecule has 0 spiro atoms. The number of benzene rings is 1. The van der Waals surface area contributed by atoms with Crippen LogP contribution >= 0.6 is 0 Å². The maximum Gasteiger partial charge on any atom is 0.362 e. The minimum absolute atomic E-state index is 0.0991. The van der Waals surface area contributed by atoms with Crippen LogP contribution in [0.5, 0.6) is 0 Å². The molecule has 2 aliphatic rings. The Morgan fingerprint density at radius 3 is 2.37 bits per heavy atom. The molecule has 6 heteroatoms. The summed E-state index contributed by atoms with van der Waals surface area (Å²) in [5, 5.41) is 4.22. The molecule has 1 aromatic carbocycles. The Labute approximate surface area is 261 Å². The number of rotatable bonds is 10. The Balaban J connectivity index is 0.000000993. The number of hydrogen-bond acceptors (Lipinski definition) is 5. The van der Waals surface area contributed by atoms with Crippen molar-refractivity contribution in [3.05, 3.63) is 65.6 Å². The van der Waals surface area contributed by atoms with Crippen molar-refractivity contribution in [3.63, 3.8) is 0 Å². The van der Waals surface area contributed by atoms with E-state index in [9.17, 15) is 9.59 Å². The summed E-state index contributed by atoms with van der Waals surface area (Å²) >= 11 is 0. The van der Waals surface area contributed by atoms with E-state index < -0.39 is 5.97 Å². The zero-order valence-corrected chi connectivity index (χ0v) is 28.6. The van der Waals surface area contributed by atoms with Crippen LogP contribution in [0.1, 0.15) is 130 Å². The van der Waals surface area contributed by atoms with Crippen LogP contribution in [0.3, 0.4) is 0 Å². The molecule has 2 aromatic rings. The van der Waals surface area contributed by atoms with E-state index in [4.69, 9.17) is 4.74 Å². The zero-order chi connectivity index (χ0) is 32.4. The second-order valence-corrected chi connectivity index (χ2v) is 13.8. The van der Waals surface area contributed by atoms with Crippen LogP contribution in [-0.4, -0.2) is 33.7 Å². The lowest BCUT2D eigenvalue weighted by Crippen LogP contribution is -2.61. The van der Waals surface area contributed by atoms with Crippen molar-refractivity contribution < 1.29 is 9.53 Å². The first-order chi connectivity index (χ1) is 20.3. The molecule has 1 aromatic heterocycles. The number of allylic oxidation sites excluding steroid dienone is 2. The molecule has 240 valence electrons. The van der Waals surface area contributed by atoms with Gasteiger partial charge in [-0.05, 0) is 87.7 Å². The smallest absolute Gasteiger partial charge is 0.362 e. The van der Waals surface area contributed by atoms with Gasteiger partial charge in [0.1, 0.15) is 0 Å². The number of esters is 1. The van der Waals surface area contributed by atoms with Gasteiger partial charge in [-0.15, -0.1) is 0 Å². The molecule has 3 unspecified atom stereocenters. The molecule has 2 saturated carbocycles. The first kappa shape index (κ1) is 36.5. The third-order valence-corrected chi connectivity index (χ3v) is 8.71. The van der Waals surface area contributed by atoms with Gasteiger partial charge in [-0.3, -0.25) is 4.79 Å². The molecule has 4 rings (SSSR count). The van der Waals surface area contributed by atoms with Gasteiger partial charge in [0.2, 0.25) is 5.69 Å². The molecule has 1 N–H and O–H groups in total. The van der Waals surface area contributed by atoms with Gasteiger partial charge < -0.3 is 14.6 Å². The minimum Gasteiger partial charge on any atom is -0.461 e. The van der Waals surface area contributed by atoms with Gasteiger partial charge in [0.05, 0.1) is 17.6 Å². The molecule has 43 heavy (non-hydrogen) atoms. The highest BCUT2D eigenvalue weighted by molar-refractivity contribution is 5.89. The fourth-order valence-corrected chi connectivity index (χ4v) is 8.58. The number of nitrogens with one attached hydrogen (secondary N) is 1. The number of nitrogens with zero attached hydrogens (tertiary/aromatic N) is 2. The fourth-order valence-electron chi connectivity index (χ4n) is 8.58. The summed E-state index contributed by atoms with van der Waals surface area (Å²) in [4.78, 5) is 30.6. The van der Waals surface area contributed by atoms with E-state index in [0.717, 1.165) is 24.8 Å². The normalized spacial score (nSPS) is 25.2. The van der Waals surface area contributed by atoms with Gasteiger partial charge in [-0.25, -0.2) is 9.78 Å². The Morgan fingerprint density at radius 2 is 1.77 bits per heavy atom. The molecule has 0 saturated heterocycles. The number of hydrogen-bond donors (Lipinski definition) is 1. The number of carbonyl (C=O) groups excluding carboxylic acids is 1. The van der Waals surface area contributed by atoms with E-state index in [-0.39, 0.29) is 35.5 Å². The zero-order valence-electron chi connectivity index (χ0n) is 28.6. The van der Waals surface area contributed by atoms with E-state index in [1.807, 2.05) is 38.1 Å². The van der Waals surface area contributed by atoms with E-state index in [0.29, 0.717) is 22.3 Å². The Hall–Kier alpha value is -2.73. The predicted octanol–water partition coefficient (Wildman–Crippen LogP) is 9.05. The number of para-hydroxylation sites is 2. The summed E-state index contributed by atoms with van der Waals surface area (Å²) in [6.07, 6.45) is 12.5. The van der Waals surface area contributed by atoms with Crippen molar-refractivity contribution in [3.8, 4) is 0 Å². The quantitative estimate of drug-likeness (QED) is 0.220. The molecule has 2 fully saturated rings. The SMILES string of the molecule is C=CC=C.CC.CCC[C@@H](C[C@H](C)n1c(=O)c(C(=O)OCC)nc2ccccc21)NC12CC(C)CC(C)(CC(C)(C)C1)C2. The van der Waals surface area contributed by atoms with Crippen LogP contribution in [0.25, 0.3) is 11.0 Å². The summed E-state index contributed by atoms with van der Waals surface area (Å²) < 4.78 is 6.94. The Bertz CT molecular complexity index is 1270. The summed E-state index contributed by atoms with van der Waals surface area (Å²) in [5.74, 6) is 0.0576. The molecule has 2 bridgehead atoms. The van der Waals surface area contributed by atoms with Gasteiger partial charge in [0.15, 0.2) is 0 Å². The molecule has 0 radical (unpaired) electrons. The van der Waals surface area contributed by atoms with Crippen LogP contribution in [0.4, 0.5) is 0 Å². The fraction of sp³-hybridized carbons (Fsp3) is 0.649. The molecule has 6 nitrogen and oxygen atoms in total. The second kappa shape index (κ2) is 15.8. The third kappa shape index (κ3) is 9.38. The summed E-state index contributed by atoms with van der Waals surface area (Å²) in [6, 6.07) is 7.78. The third-order valence-electron chi connectivity index (χ3n) is 8.71. The van der Waals surface area contributed by atoms with Crippen LogP contribution in [0, 0.1) is 16.7 Å². The lowest BCUT2D eigenvalue weighted by molar-refractivity contribution is -0.0485. The van der Waals surface area contributed by atoms with Gasteiger partial charge in [-0.1, -0.05) is 92.3 Å².